The predicted molar refractivity (Wildman–Crippen MR) is 70.0 cm³/mol. The lowest BCUT2D eigenvalue weighted by atomic mass is 9.98. The molecule has 96 valence electrons. The smallest absolute Gasteiger partial charge is 0.152 e. The van der Waals surface area contributed by atoms with Crippen molar-refractivity contribution in [3.8, 4) is 0 Å². The lowest BCUT2D eigenvalue weighted by Gasteiger charge is -2.33. The molecule has 0 bridgehead atoms. The lowest BCUT2D eigenvalue weighted by Crippen LogP contribution is -2.51. The highest BCUT2D eigenvalue weighted by molar-refractivity contribution is 7.91. The largest absolute Gasteiger partial charge is 0.305 e. The SMILES string of the molecule is CCNC1(c2nccs2)CCCC1S(C)(=O)=O. The number of rotatable bonds is 4. The van der Waals surface area contributed by atoms with E-state index in [4.69, 9.17) is 0 Å². The molecule has 2 atom stereocenters. The average Bonchev–Trinajstić information content (AvgIpc) is 2.84. The molecule has 0 spiro atoms. The van der Waals surface area contributed by atoms with Crippen molar-refractivity contribution in [2.75, 3.05) is 12.8 Å². The Hall–Kier alpha value is -0.460. The molecule has 1 aromatic rings. The van der Waals surface area contributed by atoms with E-state index in [1.807, 2.05) is 12.3 Å². The van der Waals surface area contributed by atoms with Gasteiger partial charge in [-0.1, -0.05) is 6.92 Å². The predicted octanol–water partition coefficient (Wildman–Crippen LogP) is 1.54. The van der Waals surface area contributed by atoms with Gasteiger partial charge in [0.2, 0.25) is 0 Å². The maximum Gasteiger partial charge on any atom is 0.152 e. The maximum absolute atomic E-state index is 12.0. The Morgan fingerprint density at radius 1 is 1.65 bits per heavy atom. The molecule has 1 aromatic heterocycles. The third-order valence-electron chi connectivity index (χ3n) is 3.41. The van der Waals surface area contributed by atoms with Gasteiger partial charge in [-0.15, -0.1) is 11.3 Å². The van der Waals surface area contributed by atoms with Crippen molar-refractivity contribution < 1.29 is 8.42 Å². The summed E-state index contributed by atoms with van der Waals surface area (Å²) in [6, 6.07) is 0. The topological polar surface area (TPSA) is 59.1 Å². The number of sulfone groups is 1. The highest BCUT2D eigenvalue weighted by Crippen LogP contribution is 2.43. The van der Waals surface area contributed by atoms with Crippen molar-refractivity contribution in [1.29, 1.82) is 0 Å². The molecule has 1 aliphatic carbocycles. The first-order valence-electron chi connectivity index (χ1n) is 5.84. The van der Waals surface area contributed by atoms with Crippen molar-refractivity contribution >= 4 is 21.2 Å². The zero-order chi connectivity index (χ0) is 12.5. The van der Waals surface area contributed by atoms with Gasteiger partial charge in [-0.25, -0.2) is 13.4 Å². The Labute approximate surface area is 106 Å². The molecule has 0 saturated heterocycles. The summed E-state index contributed by atoms with van der Waals surface area (Å²) in [6.07, 6.45) is 5.60. The number of thiazole rings is 1. The molecule has 17 heavy (non-hydrogen) atoms. The van der Waals surface area contributed by atoms with E-state index < -0.39 is 15.4 Å². The number of nitrogens with one attached hydrogen (secondary N) is 1. The third-order valence-corrected chi connectivity index (χ3v) is 6.03. The van der Waals surface area contributed by atoms with Crippen LogP contribution >= 0.6 is 11.3 Å². The van der Waals surface area contributed by atoms with E-state index in [1.165, 1.54) is 6.26 Å². The average molecular weight is 274 g/mol. The van der Waals surface area contributed by atoms with Crippen molar-refractivity contribution in [2.24, 2.45) is 0 Å². The molecular weight excluding hydrogens is 256 g/mol. The molecule has 0 aliphatic heterocycles. The molecule has 1 fully saturated rings. The van der Waals surface area contributed by atoms with Crippen LogP contribution in [0, 0.1) is 0 Å². The second-order valence-electron chi connectivity index (χ2n) is 4.55. The molecule has 1 heterocycles. The van der Waals surface area contributed by atoms with Crippen LogP contribution in [0.4, 0.5) is 0 Å². The molecule has 0 radical (unpaired) electrons. The van der Waals surface area contributed by atoms with Crippen molar-refractivity contribution in [2.45, 2.75) is 37.0 Å². The Balaban J connectivity index is 2.47. The zero-order valence-corrected chi connectivity index (χ0v) is 11.8. The number of hydrogen-bond acceptors (Lipinski definition) is 5. The van der Waals surface area contributed by atoms with Crippen LogP contribution in [0.2, 0.25) is 0 Å². The Morgan fingerprint density at radius 2 is 2.41 bits per heavy atom. The fraction of sp³-hybridized carbons (Fsp3) is 0.727. The van der Waals surface area contributed by atoms with Gasteiger partial charge in [0.05, 0.1) is 10.8 Å². The lowest BCUT2D eigenvalue weighted by molar-refractivity contribution is 0.348. The van der Waals surface area contributed by atoms with Crippen LogP contribution in [-0.2, 0) is 15.4 Å². The molecule has 6 heteroatoms. The van der Waals surface area contributed by atoms with Gasteiger partial charge in [0.1, 0.15) is 5.01 Å². The second kappa shape index (κ2) is 4.66. The van der Waals surface area contributed by atoms with E-state index in [0.717, 1.165) is 30.8 Å². The van der Waals surface area contributed by atoms with Crippen molar-refractivity contribution in [1.82, 2.24) is 10.3 Å². The van der Waals surface area contributed by atoms with E-state index in [9.17, 15) is 8.42 Å². The summed E-state index contributed by atoms with van der Waals surface area (Å²) >= 11 is 1.54. The van der Waals surface area contributed by atoms with E-state index in [-0.39, 0.29) is 5.25 Å². The van der Waals surface area contributed by atoms with E-state index in [0.29, 0.717) is 0 Å². The van der Waals surface area contributed by atoms with Gasteiger partial charge in [-0.2, -0.15) is 0 Å². The standard InChI is InChI=1S/C11H18N2O2S2/c1-3-13-11(10-12-7-8-16-10)6-4-5-9(11)17(2,14)15/h7-9,13H,3-6H2,1-2H3. The van der Waals surface area contributed by atoms with Gasteiger partial charge in [0, 0.05) is 17.8 Å². The van der Waals surface area contributed by atoms with Crippen molar-refractivity contribution in [3.05, 3.63) is 16.6 Å². The van der Waals surface area contributed by atoms with Gasteiger partial charge in [0.25, 0.3) is 0 Å². The molecule has 1 N–H and O–H groups in total. The summed E-state index contributed by atoms with van der Waals surface area (Å²) in [5, 5.41) is 5.86. The van der Waals surface area contributed by atoms with Gasteiger partial charge in [0.15, 0.2) is 9.84 Å². The number of aromatic nitrogens is 1. The Bertz CT molecular complexity index is 470. The summed E-state index contributed by atoms with van der Waals surface area (Å²) in [4.78, 5) is 4.34. The Kier molecular flexibility index (Phi) is 3.56. The summed E-state index contributed by atoms with van der Waals surface area (Å²) in [5.41, 5.74) is -0.462. The van der Waals surface area contributed by atoms with Crippen LogP contribution < -0.4 is 5.32 Å². The summed E-state index contributed by atoms with van der Waals surface area (Å²) in [7, 11) is -3.05. The summed E-state index contributed by atoms with van der Waals surface area (Å²) < 4.78 is 23.9. The van der Waals surface area contributed by atoms with Crippen LogP contribution in [0.3, 0.4) is 0 Å². The highest BCUT2D eigenvalue weighted by atomic mass is 32.2. The minimum absolute atomic E-state index is 0.346. The summed E-state index contributed by atoms with van der Waals surface area (Å²) in [5.74, 6) is 0. The number of hydrogen-bond donors (Lipinski definition) is 1. The molecule has 0 aromatic carbocycles. The first kappa shape index (κ1) is 13.0. The van der Waals surface area contributed by atoms with Gasteiger partial charge in [-0.05, 0) is 25.8 Å². The van der Waals surface area contributed by atoms with Gasteiger partial charge < -0.3 is 5.32 Å². The van der Waals surface area contributed by atoms with Crippen LogP contribution in [-0.4, -0.2) is 31.5 Å². The minimum Gasteiger partial charge on any atom is -0.305 e. The zero-order valence-electron chi connectivity index (χ0n) is 10.1. The van der Waals surface area contributed by atoms with Gasteiger partial charge in [-0.3, -0.25) is 0 Å². The first-order chi connectivity index (χ1) is 8.00. The van der Waals surface area contributed by atoms with E-state index >= 15 is 0 Å². The monoisotopic (exact) mass is 274 g/mol. The van der Waals surface area contributed by atoms with E-state index in [2.05, 4.69) is 10.3 Å². The van der Waals surface area contributed by atoms with Crippen LogP contribution in [0.15, 0.2) is 11.6 Å². The second-order valence-corrected chi connectivity index (χ2v) is 7.67. The minimum atomic E-state index is -3.05. The van der Waals surface area contributed by atoms with Crippen LogP contribution in [0.5, 0.6) is 0 Å². The van der Waals surface area contributed by atoms with Crippen LogP contribution in [0.25, 0.3) is 0 Å². The highest BCUT2D eigenvalue weighted by Gasteiger charge is 2.50. The molecular formula is C11H18N2O2S2. The summed E-state index contributed by atoms with van der Waals surface area (Å²) in [6.45, 7) is 2.76. The van der Waals surface area contributed by atoms with Crippen LogP contribution in [0.1, 0.15) is 31.2 Å². The Morgan fingerprint density at radius 3 is 2.94 bits per heavy atom. The molecule has 2 unspecified atom stereocenters. The van der Waals surface area contributed by atoms with E-state index in [1.54, 1.807) is 17.5 Å². The van der Waals surface area contributed by atoms with Crippen molar-refractivity contribution in [3.63, 3.8) is 0 Å². The fourth-order valence-electron chi connectivity index (χ4n) is 2.83. The molecule has 0 amide bonds. The number of nitrogens with zero attached hydrogens (tertiary/aromatic N) is 1. The molecule has 2 rings (SSSR count). The molecule has 1 aliphatic rings. The normalized spacial score (nSPS) is 29.6. The fourth-order valence-corrected chi connectivity index (χ4v) is 5.45. The molecule has 1 saturated carbocycles. The molecule has 4 nitrogen and oxygen atoms in total. The third kappa shape index (κ3) is 2.26. The van der Waals surface area contributed by atoms with Gasteiger partial charge >= 0.3 is 0 Å². The maximum atomic E-state index is 12.0. The first-order valence-corrected chi connectivity index (χ1v) is 8.68. The quantitative estimate of drug-likeness (QED) is 0.905.